The summed E-state index contributed by atoms with van der Waals surface area (Å²) in [5, 5.41) is 8.47. The Balaban J connectivity index is 2.21. The maximum absolute atomic E-state index is 12.8. The number of ether oxygens (including phenoxy) is 1. The number of para-hydroxylation sites is 1. The normalized spacial score (nSPS) is 11.6. The zero-order chi connectivity index (χ0) is 18.4. The number of nitrogens with zero attached hydrogens (tertiary/aromatic N) is 1. The summed E-state index contributed by atoms with van der Waals surface area (Å²) >= 11 is 1.17. The number of hydrogen-bond acceptors (Lipinski definition) is 4. The molecular formula is C19H21NO4S. The van der Waals surface area contributed by atoms with Gasteiger partial charge in [0.2, 0.25) is 0 Å². The number of aliphatic carboxylic acids is 1. The molecule has 25 heavy (non-hydrogen) atoms. The van der Waals surface area contributed by atoms with E-state index < -0.39 is 11.2 Å². The summed E-state index contributed by atoms with van der Waals surface area (Å²) in [6.07, 6.45) is 0. The van der Waals surface area contributed by atoms with Crippen molar-refractivity contribution in [1.82, 2.24) is 4.90 Å². The highest BCUT2D eigenvalue weighted by Gasteiger charge is 2.20. The standard InChI is InChI=1S/C19H21NO4S/c1-13(19(22)23)25-17-11-7-5-9-15(17)18(21)20(2)12-14-8-4-6-10-16(14)24-3/h4-11,13H,12H2,1-3H3,(H,22,23). The second kappa shape index (κ2) is 8.58. The zero-order valence-corrected chi connectivity index (χ0v) is 15.2. The van der Waals surface area contributed by atoms with Gasteiger partial charge < -0.3 is 14.7 Å². The first kappa shape index (κ1) is 18.9. The SMILES string of the molecule is COc1ccccc1CN(C)C(=O)c1ccccc1SC(C)C(=O)O. The highest BCUT2D eigenvalue weighted by atomic mass is 32.2. The van der Waals surface area contributed by atoms with Gasteiger partial charge in [-0.2, -0.15) is 0 Å². The molecule has 2 aromatic carbocycles. The monoisotopic (exact) mass is 359 g/mol. The van der Waals surface area contributed by atoms with Gasteiger partial charge in [-0.25, -0.2) is 0 Å². The van der Waals surface area contributed by atoms with Gasteiger partial charge in [0.1, 0.15) is 11.0 Å². The fourth-order valence-corrected chi connectivity index (χ4v) is 3.27. The van der Waals surface area contributed by atoms with Gasteiger partial charge in [-0.05, 0) is 25.1 Å². The summed E-state index contributed by atoms with van der Waals surface area (Å²) in [4.78, 5) is 26.2. The van der Waals surface area contributed by atoms with E-state index in [1.807, 2.05) is 24.3 Å². The van der Waals surface area contributed by atoms with Gasteiger partial charge in [-0.3, -0.25) is 9.59 Å². The molecule has 0 heterocycles. The van der Waals surface area contributed by atoms with E-state index in [-0.39, 0.29) is 5.91 Å². The van der Waals surface area contributed by atoms with Crippen LogP contribution < -0.4 is 4.74 Å². The van der Waals surface area contributed by atoms with E-state index >= 15 is 0 Å². The molecule has 0 bridgehead atoms. The van der Waals surface area contributed by atoms with Crippen LogP contribution in [0.5, 0.6) is 5.75 Å². The number of amides is 1. The van der Waals surface area contributed by atoms with Crippen LogP contribution in [0.3, 0.4) is 0 Å². The molecule has 0 spiro atoms. The highest BCUT2D eigenvalue weighted by Crippen LogP contribution is 2.28. The Kier molecular flexibility index (Phi) is 6.47. The van der Waals surface area contributed by atoms with Crippen LogP contribution in [0.15, 0.2) is 53.4 Å². The number of carbonyl (C=O) groups is 2. The Hall–Kier alpha value is -2.47. The molecular weight excluding hydrogens is 338 g/mol. The number of carboxylic acid groups (broad SMARTS) is 1. The largest absolute Gasteiger partial charge is 0.496 e. The van der Waals surface area contributed by atoms with Crippen LogP contribution in [0.1, 0.15) is 22.8 Å². The van der Waals surface area contributed by atoms with Gasteiger partial charge in [0.25, 0.3) is 5.91 Å². The van der Waals surface area contributed by atoms with Gasteiger partial charge in [-0.1, -0.05) is 30.3 Å². The predicted octanol–water partition coefficient (Wildman–Crippen LogP) is 3.53. The topological polar surface area (TPSA) is 66.8 Å². The summed E-state index contributed by atoms with van der Waals surface area (Å²) in [5.74, 6) is -0.342. The number of thioether (sulfide) groups is 1. The minimum absolute atomic E-state index is 0.161. The van der Waals surface area contributed by atoms with E-state index in [4.69, 9.17) is 9.84 Å². The number of rotatable bonds is 7. The van der Waals surface area contributed by atoms with Crippen molar-refractivity contribution in [3.05, 3.63) is 59.7 Å². The molecule has 0 aliphatic heterocycles. The summed E-state index contributed by atoms with van der Waals surface area (Å²) in [7, 11) is 3.32. The lowest BCUT2D eigenvalue weighted by Gasteiger charge is -2.20. The maximum Gasteiger partial charge on any atom is 0.316 e. The molecule has 2 aromatic rings. The number of carbonyl (C=O) groups excluding carboxylic acids is 1. The minimum Gasteiger partial charge on any atom is -0.496 e. The molecule has 6 heteroatoms. The van der Waals surface area contributed by atoms with Crippen LogP contribution in [0.2, 0.25) is 0 Å². The van der Waals surface area contributed by atoms with Crippen molar-refractivity contribution in [3.63, 3.8) is 0 Å². The van der Waals surface area contributed by atoms with Crippen LogP contribution in [-0.2, 0) is 11.3 Å². The van der Waals surface area contributed by atoms with Crippen LogP contribution in [0.4, 0.5) is 0 Å². The van der Waals surface area contributed by atoms with Crippen LogP contribution >= 0.6 is 11.8 Å². The second-order valence-electron chi connectivity index (χ2n) is 5.57. The predicted molar refractivity (Wildman–Crippen MR) is 98.2 cm³/mol. The van der Waals surface area contributed by atoms with Crippen molar-refractivity contribution >= 4 is 23.6 Å². The number of hydrogen-bond donors (Lipinski definition) is 1. The lowest BCUT2D eigenvalue weighted by atomic mass is 10.1. The quantitative estimate of drug-likeness (QED) is 0.766. The molecule has 1 N–H and O–H groups in total. The number of carboxylic acids is 1. The van der Waals surface area contributed by atoms with Crippen molar-refractivity contribution in [2.45, 2.75) is 23.6 Å². The number of methoxy groups -OCH3 is 1. The first-order valence-corrected chi connectivity index (χ1v) is 8.68. The van der Waals surface area contributed by atoms with Crippen LogP contribution in [-0.4, -0.2) is 41.3 Å². The first-order valence-electron chi connectivity index (χ1n) is 7.80. The third-order valence-electron chi connectivity index (χ3n) is 3.72. The van der Waals surface area contributed by atoms with Gasteiger partial charge in [0, 0.05) is 24.1 Å². The van der Waals surface area contributed by atoms with Crippen molar-refractivity contribution in [3.8, 4) is 5.75 Å². The fraction of sp³-hybridized carbons (Fsp3) is 0.263. The molecule has 0 saturated heterocycles. The lowest BCUT2D eigenvalue weighted by Crippen LogP contribution is -2.27. The van der Waals surface area contributed by atoms with Crippen LogP contribution in [0, 0.1) is 0 Å². The second-order valence-corrected chi connectivity index (χ2v) is 6.95. The van der Waals surface area contributed by atoms with E-state index in [1.54, 1.807) is 50.2 Å². The molecule has 132 valence electrons. The summed E-state index contributed by atoms with van der Waals surface area (Å²) in [6, 6.07) is 14.6. The van der Waals surface area contributed by atoms with Gasteiger partial charge >= 0.3 is 5.97 Å². The third-order valence-corrected chi connectivity index (χ3v) is 4.88. The molecule has 0 saturated carbocycles. The van der Waals surface area contributed by atoms with Crippen molar-refractivity contribution < 1.29 is 19.4 Å². The highest BCUT2D eigenvalue weighted by molar-refractivity contribution is 8.00. The van der Waals surface area contributed by atoms with Crippen molar-refractivity contribution in [2.75, 3.05) is 14.2 Å². The fourth-order valence-electron chi connectivity index (χ4n) is 2.35. The Morgan fingerprint density at radius 1 is 1.16 bits per heavy atom. The summed E-state index contributed by atoms with van der Waals surface area (Å²) in [6.45, 7) is 2.00. The summed E-state index contributed by atoms with van der Waals surface area (Å²) in [5.41, 5.74) is 1.41. The average Bonchev–Trinajstić information content (AvgIpc) is 2.61. The Bertz CT molecular complexity index is 763. The van der Waals surface area contributed by atoms with E-state index in [9.17, 15) is 9.59 Å². The first-order chi connectivity index (χ1) is 11.9. The zero-order valence-electron chi connectivity index (χ0n) is 14.4. The molecule has 0 aliphatic carbocycles. The van der Waals surface area contributed by atoms with Crippen LogP contribution in [0.25, 0.3) is 0 Å². The molecule has 0 aliphatic rings. The lowest BCUT2D eigenvalue weighted by molar-refractivity contribution is -0.136. The van der Waals surface area contributed by atoms with Crippen molar-refractivity contribution in [2.24, 2.45) is 0 Å². The van der Waals surface area contributed by atoms with E-state index in [2.05, 4.69) is 0 Å². The average molecular weight is 359 g/mol. The molecule has 5 nitrogen and oxygen atoms in total. The van der Waals surface area contributed by atoms with Gasteiger partial charge in [-0.15, -0.1) is 11.8 Å². The van der Waals surface area contributed by atoms with Gasteiger partial charge in [0.05, 0.1) is 12.7 Å². The van der Waals surface area contributed by atoms with E-state index in [0.717, 1.165) is 11.3 Å². The molecule has 1 amide bonds. The molecule has 2 rings (SSSR count). The molecule has 0 radical (unpaired) electrons. The minimum atomic E-state index is -0.908. The Morgan fingerprint density at radius 2 is 1.80 bits per heavy atom. The van der Waals surface area contributed by atoms with E-state index in [0.29, 0.717) is 17.0 Å². The molecule has 0 aromatic heterocycles. The third kappa shape index (κ3) is 4.76. The molecule has 1 atom stereocenters. The smallest absolute Gasteiger partial charge is 0.316 e. The number of benzene rings is 2. The Morgan fingerprint density at radius 3 is 2.48 bits per heavy atom. The van der Waals surface area contributed by atoms with Crippen molar-refractivity contribution in [1.29, 1.82) is 0 Å². The maximum atomic E-state index is 12.8. The Labute approximate surface area is 151 Å². The van der Waals surface area contributed by atoms with E-state index in [1.165, 1.54) is 11.8 Å². The molecule has 1 unspecified atom stereocenters. The van der Waals surface area contributed by atoms with Gasteiger partial charge in [0.15, 0.2) is 0 Å². The molecule has 0 fully saturated rings. The summed E-state index contributed by atoms with van der Waals surface area (Å²) < 4.78 is 5.33.